The number of carboxylic acids is 1. The van der Waals surface area contributed by atoms with Crippen LogP contribution >= 0.6 is 11.6 Å². The number of alkyl halides is 1. The Balaban J connectivity index is 0.947. The molecule has 21 atom stereocenters. The van der Waals surface area contributed by atoms with Gasteiger partial charge in [0.05, 0.1) is 98.0 Å². The minimum absolute atomic E-state index is 0.0128. The number of aliphatic hydroxyl groups is 5. The lowest BCUT2D eigenvalue weighted by atomic mass is 9.73. The van der Waals surface area contributed by atoms with Gasteiger partial charge in [-0.2, -0.15) is 0 Å². The number of aliphatic imine (C=N–C) groups is 1. The second-order valence-electron chi connectivity index (χ2n) is 27.1. The molecule has 0 radical (unpaired) electrons. The molecule has 0 aromatic carbocycles. The predicted octanol–water partition coefficient (Wildman–Crippen LogP) is 3.57. The maximum Gasteiger partial charge on any atom is 0.336 e. The maximum atomic E-state index is 15.2. The van der Waals surface area contributed by atoms with Crippen molar-refractivity contribution < 1.29 is 102 Å². The van der Waals surface area contributed by atoms with Crippen LogP contribution in [0.1, 0.15) is 120 Å². The third-order valence-corrected chi connectivity index (χ3v) is 20.0. The zero-order valence-corrected chi connectivity index (χ0v) is 55.4. The van der Waals surface area contributed by atoms with Crippen LogP contribution in [0.4, 0.5) is 0 Å². The Morgan fingerprint density at radius 3 is 2.29 bits per heavy atom. The van der Waals surface area contributed by atoms with Crippen LogP contribution in [-0.2, 0) is 71.2 Å². The van der Waals surface area contributed by atoms with Gasteiger partial charge in [-0.25, -0.2) is 4.79 Å². The van der Waals surface area contributed by atoms with Gasteiger partial charge in [0.2, 0.25) is 0 Å². The van der Waals surface area contributed by atoms with Gasteiger partial charge in [0.1, 0.15) is 43.0 Å². The van der Waals surface area contributed by atoms with Crippen molar-refractivity contribution in [2.75, 3.05) is 87.5 Å². The van der Waals surface area contributed by atoms with Crippen LogP contribution in [0.3, 0.4) is 0 Å². The molecule has 5 fully saturated rings. The Hall–Kier alpha value is -3.29. The molecule has 0 amide bonds. The smallest absolute Gasteiger partial charge is 0.336 e. The minimum atomic E-state index is -2.00. The fraction of sp³-hybridized carbons (Fsp3) is 0.844. The van der Waals surface area contributed by atoms with Crippen molar-refractivity contribution >= 4 is 35.2 Å². The van der Waals surface area contributed by atoms with E-state index >= 15 is 4.79 Å². The molecule has 26 heteroatoms. The average Bonchev–Trinajstić information content (AvgIpc) is 1.81. The molecular weight excluding hydrogens is 1200 g/mol. The number of nitrogens with one attached hydrogen (secondary N) is 1. The lowest BCUT2D eigenvalue weighted by Gasteiger charge is -2.50. The van der Waals surface area contributed by atoms with Crippen molar-refractivity contribution in [1.29, 1.82) is 0 Å². The van der Waals surface area contributed by atoms with E-state index in [9.17, 15) is 40.2 Å². The Morgan fingerprint density at radius 1 is 0.922 bits per heavy atom. The van der Waals surface area contributed by atoms with E-state index in [1.165, 1.54) is 20.2 Å². The highest BCUT2D eigenvalue weighted by Crippen LogP contribution is 2.56. The Labute approximate surface area is 534 Å². The summed E-state index contributed by atoms with van der Waals surface area (Å²) in [5, 5.41) is 73.7. The highest BCUT2D eigenvalue weighted by atomic mass is 35.5. The molecular formula is C64H103ClN4O21. The van der Waals surface area contributed by atoms with Crippen molar-refractivity contribution in [3.05, 3.63) is 35.2 Å². The number of cyclic esters (lactones) is 1. The van der Waals surface area contributed by atoms with E-state index in [0.29, 0.717) is 43.9 Å². The van der Waals surface area contributed by atoms with Crippen LogP contribution in [0.5, 0.6) is 0 Å². The number of methoxy groups -OCH3 is 2. The molecule has 3 aliphatic carbocycles. The van der Waals surface area contributed by atoms with Gasteiger partial charge >= 0.3 is 17.9 Å². The number of aliphatic carboxylic acids is 1. The lowest BCUT2D eigenvalue weighted by molar-refractivity contribution is -0.321. The van der Waals surface area contributed by atoms with E-state index in [4.69, 9.17) is 73.4 Å². The molecule has 0 aromatic heterocycles. The van der Waals surface area contributed by atoms with Gasteiger partial charge in [0.15, 0.2) is 18.7 Å². The number of rotatable bonds is 19. The second-order valence-corrected chi connectivity index (χ2v) is 27.6. The molecule has 8 rings (SSSR count). The van der Waals surface area contributed by atoms with Crippen molar-refractivity contribution in [2.24, 2.45) is 34.1 Å². The van der Waals surface area contributed by atoms with Gasteiger partial charge < -0.3 is 103 Å². The van der Waals surface area contributed by atoms with E-state index < -0.39 is 131 Å². The molecule has 5 aliphatic heterocycles. The monoisotopic (exact) mass is 1300 g/mol. The maximum absolute atomic E-state index is 15.2. The van der Waals surface area contributed by atoms with Crippen molar-refractivity contribution in [1.82, 2.24) is 15.1 Å². The summed E-state index contributed by atoms with van der Waals surface area (Å²) in [6, 6.07) is -0.196. The molecule has 5 heterocycles. The van der Waals surface area contributed by atoms with Crippen LogP contribution in [0.25, 0.3) is 0 Å². The number of hydrogen-bond donors (Lipinski definition) is 7. The quantitative estimate of drug-likeness (QED) is 0.0552. The third kappa shape index (κ3) is 17.0. The van der Waals surface area contributed by atoms with E-state index in [0.717, 1.165) is 18.5 Å². The summed E-state index contributed by atoms with van der Waals surface area (Å²) in [7, 11) is 5.01. The number of esters is 2. The number of carbonyl (C=O) groups is 3. The molecule has 2 saturated carbocycles. The van der Waals surface area contributed by atoms with Gasteiger partial charge in [-0.05, 0) is 98.6 Å². The van der Waals surface area contributed by atoms with Crippen LogP contribution in [0.15, 0.2) is 40.2 Å². The van der Waals surface area contributed by atoms with Crippen LogP contribution in [-0.4, -0.2) is 259 Å². The molecule has 1 spiro atoms. The molecule has 4 bridgehead atoms. The minimum Gasteiger partial charge on any atom is -0.478 e. The van der Waals surface area contributed by atoms with Gasteiger partial charge in [-0.15, -0.1) is 11.6 Å². The van der Waals surface area contributed by atoms with Gasteiger partial charge in [-0.3, -0.25) is 14.6 Å². The van der Waals surface area contributed by atoms with Crippen LogP contribution in [0.2, 0.25) is 0 Å². The number of ether oxygens (including phenoxy) is 12. The third-order valence-electron chi connectivity index (χ3n) is 19.6. The van der Waals surface area contributed by atoms with Crippen LogP contribution < -0.4 is 5.32 Å². The highest BCUT2D eigenvalue weighted by molar-refractivity contribution is 6.22. The van der Waals surface area contributed by atoms with Crippen LogP contribution in [0, 0.1) is 29.1 Å². The summed E-state index contributed by atoms with van der Waals surface area (Å²) in [6.45, 7) is 17.6. The molecule has 90 heavy (non-hydrogen) atoms. The first-order chi connectivity index (χ1) is 42.6. The zero-order valence-electron chi connectivity index (χ0n) is 54.7. The van der Waals surface area contributed by atoms with Gasteiger partial charge in [0, 0.05) is 93.3 Å². The van der Waals surface area contributed by atoms with E-state index in [1.807, 2.05) is 43.7 Å². The van der Waals surface area contributed by atoms with E-state index in [1.54, 1.807) is 47.8 Å². The summed E-state index contributed by atoms with van der Waals surface area (Å²) < 4.78 is 75.0. The number of likely N-dealkylation sites (N-methyl/N-ethyl adjacent to an activating group) is 1. The van der Waals surface area contributed by atoms with Gasteiger partial charge in [-0.1, -0.05) is 33.8 Å². The Kier molecular flexibility index (Phi) is 25.0. The topological polar surface area (TPSA) is 314 Å². The predicted molar refractivity (Wildman–Crippen MR) is 327 cm³/mol. The molecule has 25 nitrogen and oxygen atoms in total. The molecule has 3 saturated heterocycles. The molecule has 8 aliphatic rings. The molecule has 512 valence electrons. The largest absolute Gasteiger partial charge is 0.478 e. The molecule has 0 aromatic rings. The average molecular weight is 1300 g/mol. The number of nitrogens with zero attached hydrogens (tertiary/aromatic N) is 3. The summed E-state index contributed by atoms with van der Waals surface area (Å²) in [4.78, 5) is 49.5. The Bertz CT molecular complexity index is 2550. The SMILES string of the molecule is CC[C@H]1OC(=O)C2(CC2)[C@@H](O[C@H]2C[C@@](C)(OC)[C@@H](OC(=O)CCOCCOCCNC3C=C4C(=CC3Cl)N(C3CC3)C=C(C(=O)O)C4O)[C@H](C)O2)[C@H](C)[C@H]2O[C@@H]3OC(C)CC(CN(C)CC(COC)OCOCN=C(C(C)C(O)[C@]1(C)O)[C@H](C)C[C@@]2(C)O)[C@H]3O. The van der Waals surface area contributed by atoms with E-state index in [-0.39, 0.29) is 108 Å². The standard InChI is InChI=1S/C64H103ClN4O21/c1-13-48-63(9,78)54(73)37(4)51-35(2)27-61(7,77)55(90-59-52(71)40(24-36(3)85-59)29-68(10)30-42(32-79-11)84-34-83-33-67-51)38(5)56(64(17-18-64)60(76)87-48)89-50-28-62(8,80-12)57(39(6)86-50)88-49(70)16-20-81-22-23-82-21-19-66-46-25-43-47(26-45(46)65)69(41-14-15-41)31-44(53(43)72)58(74)75/h25-26,31,35-42,45-46,48,50,52-57,59,66,71-73,77-78H,13-24,27-30,32-34H2,1-12H3,(H,74,75)/t35-,36?,37?,38-,39+,40?,42?,45?,46?,48-,50+,52-,53?,54?,55-,56+,57+,59+,61-,62-,63-/m1/s1. The number of hydrogen-bond acceptors (Lipinski definition) is 24. The first-order valence-corrected chi connectivity index (χ1v) is 32.7. The number of aliphatic hydroxyl groups excluding tert-OH is 3. The lowest BCUT2D eigenvalue weighted by Crippen LogP contribution is -2.61. The fourth-order valence-corrected chi connectivity index (χ4v) is 14.7. The van der Waals surface area contributed by atoms with E-state index in [2.05, 4.69) is 5.32 Å². The normalized spacial score (nSPS) is 40.9. The van der Waals surface area contributed by atoms with Crippen molar-refractivity contribution in [3.8, 4) is 0 Å². The number of fused-ring (bicyclic) bond motifs is 7. The number of carboxylic acid groups (broad SMARTS) is 1. The van der Waals surface area contributed by atoms with Gasteiger partial charge in [0.25, 0.3) is 0 Å². The van der Waals surface area contributed by atoms with Crippen molar-refractivity contribution in [2.45, 2.75) is 228 Å². The molecule has 7 N–H and O–H groups in total. The summed E-state index contributed by atoms with van der Waals surface area (Å²) in [5.41, 5.74) is -4.82. The Morgan fingerprint density at radius 2 is 1.63 bits per heavy atom. The van der Waals surface area contributed by atoms with Crippen molar-refractivity contribution in [3.63, 3.8) is 0 Å². The summed E-state index contributed by atoms with van der Waals surface area (Å²) in [6.07, 6.45) is -4.29. The summed E-state index contributed by atoms with van der Waals surface area (Å²) in [5.74, 6) is -5.12. The molecule has 8 unspecified atom stereocenters. The highest BCUT2D eigenvalue weighted by Gasteiger charge is 2.64. The number of carbonyl (C=O) groups excluding carboxylic acids is 2. The fourth-order valence-electron chi connectivity index (χ4n) is 14.4. The zero-order chi connectivity index (χ0) is 65.6. The first-order valence-electron chi connectivity index (χ1n) is 32.3. The second kappa shape index (κ2) is 31.1. The number of halogens is 1. The summed E-state index contributed by atoms with van der Waals surface area (Å²) >= 11 is 6.76. The first kappa shape index (κ1) is 72.5.